The van der Waals surface area contributed by atoms with E-state index in [2.05, 4.69) is 5.32 Å². The largest absolute Gasteiger partial charge is 0.396 e. The molecule has 1 saturated carbocycles. The first kappa shape index (κ1) is 14.8. The summed E-state index contributed by atoms with van der Waals surface area (Å²) in [5, 5.41) is 13.6. The van der Waals surface area contributed by atoms with E-state index in [1.54, 1.807) is 0 Å². The van der Waals surface area contributed by atoms with Crippen LogP contribution in [0.3, 0.4) is 0 Å². The van der Waals surface area contributed by atoms with E-state index in [1.165, 1.54) is 32.1 Å². The maximum Gasteiger partial charge on any atom is 0.0501 e. The maximum atomic E-state index is 9.80. The summed E-state index contributed by atoms with van der Waals surface area (Å²) in [6, 6.07) is 0.623. The summed E-state index contributed by atoms with van der Waals surface area (Å²) in [4.78, 5) is 0. The van der Waals surface area contributed by atoms with Crippen molar-refractivity contribution in [2.24, 2.45) is 10.8 Å². The highest BCUT2D eigenvalue weighted by molar-refractivity contribution is 4.99. The van der Waals surface area contributed by atoms with Crippen LogP contribution in [0, 0.1) is 10.8 Å². The Balaban J connectivity index is 1.59. The summed E-state index contributed by atoms with van der Waals surface area (Å²) >= 11 is 0. The van der Waals surface area contributed by atoms with Crippen LogP contribution in [0.5, 0.6) is 0 Å². The molecule has 0 aromatic carbocycles. The molecule has 20 heavy (non-hydrogen) atoms. The van der Waals surface area contributed by atoms with Gasteiger partial charge in [0.1, 0.15) is 0 Å². The molecular weight excluding hydrogens is 254 g/mol. The van der Waals surface area contributed by atoms with Gasteiger partial charge in [-0.15, -0.1) is 0 Å². The fourth-order valence-corrected chi connectivity index (χ4v) is 4.37. The Kier molecular flexibility index (Phi) is 4.65. The highest BCUT2D eigenvalue weighted by Gasteiger charge is 2.44. The van der Waals surface area contributed by atoms with Crippen molar-refractivity contribution in [1.82, 2.24) is 5.32 Å². The Labute approximate surface area is 122 Å². The van der Waals surface area contributed by atoms with Gasteiger partial charge in [-0.25, -0.2) is 0 Å². The van der Waals surface area contributed by atoms with Gasteiger partial charge >= 0.3 is 0 Å². The topological polar surface area (TPSA) is 50.7 Å². The van der Waals surface area contributed by atoms with E-state index in [4.69, 9.17) is 9.47 Å². The molecule has 0 amide bonds. The molecule has 2 saturated heterocycles. The van der Waals surface area contributed by atoms with Crippen LogP contribution in [-0.4, -0.2) is 50.7 Å². The molecule has 0 bridgehead atoms. The van der Waals surface area contributed by atoms with E-state index in [1.807, 2.05) is 0 Å². The van der Waals surface area contributed by atoms with E-state index >= 15 is 0 Å². The summed E-state index contributed by atoms with van der Waals surface area (Å²) in [5.41, 5.74) is 0.521. The summed E-state index contributed by atoms with van der Waals surface area (Å²) < 4.78 is 11.0. The maximum absolute atomic E-state index is 9.80. The van der Waals surface area contributed by atoms with Gasteiger partial charge in [0.05, 0.1) is 6.61 Å². The molecule has 1 aliphatic carbocycles. The lowest BCUT2D eigenvalue weighted by Gasteiger charge is -2.42. The third kappa shape index (κ3) is 2.89. The van der Waals surface area contributed by atoms with Crippen molar-refractivity contribution in [2.75, 3.05) is 39.6 Å². The second-order valence-corrected chi connectivity index (χ2v) is 7.07. The van der Waals surface area contributed by atoms with Crippen molar-refractivity contribution in [1.29, 1.82) is 0 Å². The molecule has 2 N–H and O–H groups in total. The number of ether oxygens (including phenoxy) is 2. The zero-order chi connectivity index (χ0) is 13.9. The first-order valence-corrected chi connectivity index (χ1v) is 8.28. The first-order chi connectivity index (χ1) is 9.79. The van der Waals surface area contributed by atoms with Crippen LogP contribution in [0.2, 0.25) is 0 Å². The lowest BCUT2D eigenvalue weighted by Crippen LogP contribution is -2.50. The molecule has 0 radical (unpaired) electrons. The minimum absolute atomic E-state index is 0.0488. The Bertz CT molecular complexity index is 309. The Morgan fingerprint density at radius 2 is 1.60 bits per heavy atom. The summed E-state index contributed by atoms with van der Waals surface area (Å²) in [7, 11) is 0. The van der Waals surface area contributed by atoms with E-state index in [0.717, 1.165) is 45.8 Å². The van der Waals surface area contributed by atoms with Crippen molar-refractivity contribution < 1.29 is 14.6 Å². The van der Waals surface area contributed by atoms with Crippen molar-refractivity contribution in [3.05, 3.63) is 0 Å². The monoisotopic (exact) mass is 283 g/mol. The molecule has 2 heterocycles. The molecule has 3 rings (SSSR count). The quantitative estimate of drug-likeness (QED) is 0.825. The van der Waals surface area contributed by atoms with Gasteiger partial charge in [0.15, 0.2) is 0 Å². The second-order valence-electron chi connectivity index (χ2n) is 7.07. The smallest absolute Gasteiger partial charge is 0.0501 e. The predicted octanol–water partition coefficient (Wildman–Crippen LogP) is 1.71. The average molecular weight is 283 g/mol. The first-order valence-electron chi connectivity index (χ1n) is 8.28. The van der Waals surface area contributed by atoms with E-state index in [9.17, 15) is 5.11 Å². The van der Waals surface area contributed by atoms with Gasteiger partial charge in [0, 0.05) is 44.4 Å². The lowest BCUT2D eigenvalue weighted by atomic mass is 9.74. The summed E-state index contributed by atoms with van der Waals surface area (Å²) in [6.07, 6.45) is 8.37. The number of rotatable bonds is 4. The van der Waals surface area contributed by atoms with Crippen LogP contribution in [0.1, 0.15) is 44.9 Å². The Morgan fingerprint density at radius 3 is 2.25 bits per heavy atom. The van der Waals surface area contributed by atoms with Gasteiger partial charge in [0.25, 0.3) is 0 Å². The van der Waals surface area contributed by atoms with Gasteiger partial charge in [0.2, 0.25) is 0 Å². The molecule has 1 unspecified atom stereocenters. The lowest BCUT2D eigenvalue weighted by molar-refractivity contribution is -0.0259. The zero-order valence-corrected chi connectivity index (χ0v) is 12.5. The number of nitrogens with one attached hydrogen (secondary N) is 1. The normalized spacial score (nSPS) is 32.5. The minimum atomic E-state index is 0.0488. The van der Waals surface area contributed by atoms with Crippen LogP contribution in [0.4, 0.5) is 0 Å². The molecule has 1 spiro atoms. The van der Waals surface area contributed by atoms with Crippen molar-refractivity contribution >= 4 is 0 Å². The van der Waals surface area contributed by atoms with E-state index in [-0.39, 0.29) is 12.0 Å². The number of hydrogen-bond donors (Lipinski definition) is 2. The van der Waals surface area contributed by atoms with E-state index in [0.29, 0.717) is 11.5 Å². The third-order valence-electron chi connectivity index (χ3n) is 6.01. The molecule has 0 aromatic heterocycles. The number of hydrogen-bond acceptors (Lipinski definition) is 4. The highest BCUT2D eigenvalue weighted by Crippen LogP contribution is 2.46. The molecular formula is C16H29NO3. The van der Waals surface area contributed by atoms with Crippen LogP contribution in [0.25, 0.3) is 0 Å². The molecule has 116 valence electrons. The second kappa shape index (κ2) is 6.30. The van der Waals surface area contributed by atoms with Gasteiger partial charge in [-0.3, -0.25) is 0 Å². The van der Waals surface area contributed by atoms with Crippen molar-refractivity contribution in [3.8, 4) is 0 Å². The molecule has 3 aliphatic rings. The minimum Gasteiger partial charge on any atom is -0.396 e. The van der Waals surface area contributed by atoms with Crippen molar-refractivity contribution in [2.45, 2.75) is 51.0 Å². The molecule has 0 aromatic rings. The fraction of sp³-hybridized carbons (Fsp3) is 1.00. The van der Waals surface area contributed by atoms with Crippen LogP contribution < -0.4 is 5.32 Å². The third-order valence-corrected chi connectivity index (χ3v) is 6.01. The Hall–Kier alpha value is -0.160. The molecule has 4 nitrogen and oxygen atoms in total. The van der Waals surface area contributed by atoms with Crippen LogP contribution in [-0.2, 0) is 9.47 Å². The molecule has 1 atom stereocenters. The van der Waals surface area contributed by atoms with Gasteiger partial charge in [-0.2, -0.15) is 0 Å². The molecule has 3 fully saturated rings. The van der Waals surface area contributed by atoms with Gasteiger partial charge in [-0.1, -0.05) is 6.42 Å². The summed E-state index contributed by atoms with van der Waals surface area (Å²) in [5.74, 6) is 0. The number of aliphatic hydroxyl groups excluding tert-OH is 1. The zero-order valence-electron chi connectivity index (χ0n) is 12.5. The highest BCUT2D eigenvalue weighted by atomic mass is 16.5. The van der Waals surface area contributed by atoms with Gasteiger partial charge < -0.3 is 19.9 Å². The average Bonchev–Trinajstić information content (AvgIpc) is 2.89. The predicted molar refractivity (Wildman–Crippen MR) is 77.7 cm³/mol. The number of aliphatic hydroxyl groups is 1. The van der Waals surface area contributed by atoms with E-state index < -0.39 is 0 Å². The van der Waals surface area contributed by atoms with Gasteiger partial charge in [-0.05, 0) is 43.9 Å². The van der Waals surface area contributed by atoms with Crippen LogP contribution >= 0.6 is 0 Å². The summed E-state index contributed by atoms with van der Waals surface area (Å²) in [6.45, 7) is 4.68. The molecule has 2 aliphatic heterocycles. The fourth-order valence-electron chi connectivity index (χ4n) is 4.37. The van der Waals surface area contributed by atoms with Crippen LogP contribution in [0.15, 0.2) is 0 Å². The molecule has 4 heteroatoms. The Morgan fingerprint density at radius 1 is 0.950 bits per heavy atom. The standard InChI is InChI=1S/C16H29NO3/c18-13-15(4-8-19-9-5-15)12-17-14-2-1-3-16(14)6-10-20-11-7-16/h14,17-18H,1-13H2. The SMILES string of the molecule is OCC1(CNC2CCCC23CCOCC3)CCOCC1. The van der Waals surface area contributed by atoms with Crippen molar-refractivity contribution in [3.63, 3.8) is 0 Å².